The zero-order valence-electron chi connectivity index (χ0n) is 28.7. The molecular formula is C35H45F4N5O5S. The fraction of sp³-hybridized carbons (Fsp3) is 0.514. The molecule has 0 amide bonds. The third kappa shape index (κ3) is 8.01. The van der Waals surface area contributed by atoms with Gasteiger partial charge in [0.2, 0.25) is 0 Å². The lowest BCUT2D eigenvalue weighted by Gasteiger charge is -2.42. The second kappa shape index (κ2) is 15.0. The van der Waals surface area contributed by atoms with Crippen LogP contribution in [0.3, 0.4) is 0 Å². The van der Waals surface area contributed by atoms with Crippen LogP contribution in [-0.2, 0) is 25.7 Å². The summed E-state index contributed by atoms with van der Waals surface area (Å²) >= 11 is 0. The molecule has 1 fully saturated rings. The molecule has 0 saturated heterocycles. The number of rotatable bonds is 11. The van der Waals surface area contributed by atoms with Crippen LogP contribution < -0.4 is 10.6 Å². The lowest BCUT2D eigenvalue weighted by molar-refractivity contribution is -0.137. The van der Waals surface area contributed by atoms with E-state index in [2.05, 4.69) is 15.6 Å². The molecule has 4 aliphatic rings. The van der Waals surface area contributed by atoms with Crippen LogP contribution in [0, 0.1) is 0 Å². The van der Waals surface area contributed by atoms with Crippen molar-refractivity contribution < 1.29 is 40.6 Å². The van der Waals surface area contributed by atoms with Crippen molar-refractivity contribution in [1.29, 1.82) is 0 Å². The van der Waals surface area contributed by atoms with E-state index in [1.807, 2.05) is 25.9 Å². The monoisotopic (exact) mass is 723 g/mol. The van der Waals surface area contributed by atoms with Crippen LogP contribution in [0.15, 0.2) is 87.5 Å². The van der Waals surface area contributed by atoms with Gasteiger partial charge in [0.05, 0.1) is 55.6 Å². The number of halogens is 4. The number of ether oxygens (including phenoxy) is 2. The van der Waals surface area contributed by atoms with Gasteiger partial charge in [-0.2, -0.15) is 13.2 Å². The largest absolute Gasteiger partial charge is 0.501 e. The number of hydrogen-bond acceptors (Lipinski definition) is 9. The maximum absolute atomic E-state index is 16.0. The smallest absolute Gasteiger partial charge is 0.416 e. The van der Waals surface area contributed by atoms with Crippen LogP contribution in [0.4, 0.5) is 17.6 Å². The number of likely N-dealkylation sites (N-methyl/N-ethyl adjacent to an activating group) is 1. The van der Waals surface area contributed by atoms with Crippen LogP contribution in [0.2, 0.25) is 0 Å². The summed E-state index contributed by atoms with van der Waals surface area (Å²) in [5.74, 6) is -0.315. The quantitative estimate of drug-likeness (QED) is 0.282. The number of aliphatic hydroxyl groups excluding tert-OH is 1. The molecule has 3 aliphatic carbocycles. The number of aliphatic hydroxyl groups is 1. The molecule has 10 nitrogen and oxygen atoms in total. The van der Waals surface area contributed by atoms with E-state index >= 15 is 4.39 Å². The second-order valence-electron chi connectivity index (χ2n) is 13.4. The first-order valence-electron chi connectivity index (χ1n) is 16.4. The number of benzene rings is 1. The van der Waals surface area contributed by atoms with E-state index in [1.54, 1.807) is 24.3 Å². The summed E-state index contributed by atoms with van der Waals surface area (Å²) in [7, 11) is 2.20. The number of nitrogens with zero attached hydrogens (tertiary/aromatic N) is 3. The molecule has 15 heteroatoms. The van der Waals surface area contributed by atoms with Crippen LogP contribution in [0.25, 0.3) is 0 Å². The molecule has 5 rings (SSSR count). The SMILES string of the molecule is COC1=CC=C(CN(C2=CCN=CN2)S(=O)(=O)C2=CC(O)C(NC3CC[C@H](c4cccc(C(F)(F)F)c4)C[C@@H]3N(C)C)C=C2F)C(C)(OC)C1. The van der Waals surface area contributed by atoms with Crippen LogP contribution in [-0.4, -0.2) is 100 Å². The highest BCUT2D eigenvalue weighted by Gasteiger charge is 2.42. The number of aliphatic imine (C=N–C) groups is 1. The van der Waals surface area contributed by atoms with Crippen LogP contribution in [0.1, 0.15) is 49.7 Å². The Balaban J connectivity index is 1.36. The molecule has 1 aromatic rings. The van der Waals surface area contributed by atoms with Gasteiger partial charge in [0, 0.05) is 25.6 Å². The summed E-state index contributed by atoms with van der Waals surface area (Å²) in [6.07, 6.45) is 4.66. The summed E-state index contributed by atoms with van der Waals surface area (Å²) in [4.78, 5) is 5.36. The summed E-state index contributed by atoms with van der Waals surface area (Å²) in [5.41, 5.74) is -0.395. The van der Waals surface area contributed by atoms with Crippen molar-refractivity contribution in [2.75, 3.05) is 41.4 Å². The van der Waals surface area contributed by atoms with Gasteiger partial charge in [0.25, 0.3) is 10.0 Å². The Morgan fingerprint density at radius 1 is 1.16 bits per heavy atom. The number of nitrogens with one attached hydrogen (secondary N) is 2. The number of allylic oxidation sites excluding steroid dienone is 3. The van der Waals surface area contributed by atoms with Gasteiger partial charge in [-0.3, -0.25) is 4.99 Å². The van der Waals surface area contributed by atoms with Crippen molar-refractivity contribution in [2.45, 2.75) is 74.5 Å². The van der Waals surface area contributed by atoms with Gasteiger partial charge in [-0.15, -0.1) is 0 Å². The summed E-state index contributed by atoms with van der Waals surface area (Å²) in [5, 5.41) is 17.4. The van der Waals surface area contributed by atoms with E-state index in [0.717, 1.165) is 22.5 Å². The Morgan fingerprint density at radius 3 is 2.56 bits per heavy atom. The molecule has 3 N–H and O–H groups in total. The Morgan fingerprint density at radius 2 is 1.92 bits per heavy atom. The fourth-order valence-corrected chi connectivity index (χ4v) is 8.57. The van der Waals surface area contributed by atoms with Crippen molar-refractivity contribution in [3.05, 3.63) is 93.7 Å². The van der Waals surface area contributed by atoms with Gasteiger partial charge in [-0.1, -0.05) is 24.3 Å². The summed E-state index contributed by atoms with van der Waals surface area (Å²) in [6.45, 7) is 1.83. The lowest BCUT2D eigenvalue weighted by atomic mass is 9.77. The lowest BCUT2D eigenvalue weighted by Crippen LogP contribution is -2.55. The highest BCUT2D eigenvalue weighted by atomic mass is 32.2. The molecule has 1 saturated carbocycles. The van der Waals surface area contributed by atoms with Crippen molar-refractivity contribution in [3.63, 3.8) is 0 Å². The first kappa shape index (κ1) is 37.7. The molecule has 4 unspecified atom stereocenters. The van der Waals surface area contributed by atoms with E-state index in [0.29, 0.717) is 42.6 Å². The molecule has 0 spiro atoms. The maximum Gasteiger partial charge on any atom is 0.416 e. The summed E-state index contributed by atoms with van der Waals surface area (Å²) in [6, 6.07) is 4.02. The molecule has 50 heavy (non-hydrogen) atoms. The third-order valence-corrected chi connectivity index (χ3v) is 11.8. The zero-order chi connectivity index (χ0) is 36.4. The zero-order valence-corrected chi connectivity index (χ0v) is 29.6. The first-order valence-corrected chi connectivity index (χ1v) is 17.9. The maximum atomic E-state index is 16.0. The molecule has 1 aromatic carbocycles. The van der Waals surface area contributed by atoms with Crippen LogP contribution >= 0.6 is 0 Å². The van der Waals surface area contributed by atoms with Crippen molar-refractivity contribution in [3.8, 4) is 0 Å². The van der Waals surface area contributed by atoms with Crippen molar-refractivity contribution in [2.24, 2.45) is 4.99 Å². The van der Waals surface area contributed by atoms with Crippen molar-refractivity contribution >= 4 is 16.4 Å². The predicted molar refractivity (Wildman–Crippen MR) is 183 cm³/mol. The predicted octanol–water partition coefficient (Wildman–Crippen LogP) is 4.71. The van der Waals surface area contributed by atoms with E-state index in [1.165, 1.54) is 32.7 Å². The van der Waals surface area contributed by atoms with Gasteiger partial charge >= 0.3 is 6.18 Å². The molecule has 1 heterocycles. The van der Waals surface area contributed by atoms with E-state index in [4.69, 9.17) is 9.47 Å². The minimum Gasteiger partial charge on any atom is -0.501 e. The Bertz CT molecular complexity index is 1720. The standard InChI is InChI=1S/C35H45F4N5O5S/c1-34(49-5)19-26(48-4)11-10-25(34)20-44(33-13-14-40-21-41-33)50(46,47)32-18-31(45)29(17-27(32)36)42-28-12-9-23(16-30(28)43(2)3)22-7-6-8-24(15-22)35(37,38)39/h6-8,10-11,13,15,17-18,21,23,28-31,42,45H,9,12,14,16,19-20H2,1-5H3,(H,40,41)/t23-,28?,29?,30-,31?,34?/m0/s1. The average molecular weight is 724 g/mol. The fourth-order valence-electron chi connectivity index (χ4n) is 7.01. The topological polar surface area (TPSA) is 116 Å². The number of methoxy groups -OCH3 is 2. The molecule has 0 radical (unpaired) electrons. The molecule has 6 atom stereocenters. The Labute approximate surface area is 291 Å². The van der Waals surface area contributed by atoms with Crippen molar-refractivity contribution in [1.82, 2.24) is 19.8 Å². The van der Waals surface area contributed by atoms with Gasteiger partial charge < -0.3 is 30.1 Å². The Kier molecular flexibility index (Phi) is 11.3. The van der Waals surface area contributed by atoms with E-state index in [-0.39, 0.29) is 36.9 Å². The highest BCUT2D eigenvalue weighted by molar-refractivity contribution is 7.93. The minimum absolute atomic E-state index is 0.127. The average Bonchev–Trinajstić information content (AvgIpc) is 3.09. The van der Waals surface area contributed by atoms with Gasteiger partial charge in [0.1, 0.15) is 16.6 Å². The van der Waals surface area contributed by atoms with Gasteiger partial charge in [0.15, 0.2) is 0 Å². The Hall–Kier alpha value is -3.50. The van der Waals surface area contributed by atoms with Gasteiger partial charge in [-0.05, 0) is 87.7 Å². The minimum atomic E-state index is -4.58. The highest BCUT2D eigenvalue weighted by Crippen LogP contribution is 2.39. The third-order valence-electron chi connectivity index (χ3n) is 10.0. The normalized spacial score (nSPS) is 28.9. The van der Waals surface area contributed by atoms with E-state index in [9.17, 15) is 26.7 Å². The first-order chi connectivity index (χ1) is 23.6. The number of sulfonamides is 1. The molecule has 0 aromatic heterocycles. The summed E-state index contributed by atoms with van der Waals surface area (Å²) < 4.78 is 97.0. The second-order valence-corrected chi connectivity index (χ2v) is 15.2. The molecule has 1 aliphatic heterocycles. The molecular weight excluding hydrogens is 678 g/mol. The molecule has 274 valence electrons. The van der Waals surface area contributed by atoms with Crippen LogP contribution in [0.5, 0.6) is 0 Å². The van der Waals surface area contributed by atoms with E-state index < -0.39 is 50.2 Å². The molecule has 0 bridgehead atoms. The van der Waals surface area contributed by atoms with Gasteiger partial charge in [-0.25, -0.2) is 17.1 Å². The number of hydrogen-bond donors (Lipinski definition) is 3. The number of alkyl halides is 3.